The summed E-state index contributed by atoms with van der Waals surface area (Å²) in [6.07, 6.45) is 2.89. The lowest BCUT2D eigenvalue weighted by atomic mass is 10.1. The predicted molar refractivity (Wildman–Crippen MR) is 89.5 cm³/mol. The van der Waals surface area contributed by atoms with Crippen LogP contribution in [0.4, 0.5) is 5.69 Å². The zero-order valence-electron chi connectivity index (χ0n) is 13.3. The molecule has 0 heterocycles. The summed E-state index contributed by atoms with van der Waals surface area (Å²) < 4.78 is 10.3. The van der Waals surface area contributed by atoms with Crippen LogP contribution in [-0.4, -0.2) is 25.1 Å². The third-order valence-corrected chi connectivity index (χ3v) is 3.29. The summed E-state index contributed by atoms with van der Waals surface area (Å²) in [7, 11) is 3.06. The lowest BCUT2D eigenvalue weighted by Gasteiger charge is -2.08. The van der Waals surface area contributed by atoms with Crippen LogP contribution in [0.5, 0.6) is 17.2 Å². The Kier molecular flexibility index (Phi) is 5.25. The highest BCUT2D eigenvalue weighted by atomic mass is 16.5. The predicted octanol–water partition coefficient (Wildman–Crippen LogP) is 3.53. The maximum absolute atomic E-state index is 12.2. The molecule has 23 heavy (non-hydrogen) atoms. The molecule has 0 amide bonds. The fourth-order valence-electron chi connectivity index (χ4n) is 2.06. The minimum absolute atomic E-state index is 0.124. The van der Waals surface area contributed by atoms with Gasteiger partial charge < -0.3 is 19.9 Å². The van der Waals surface area contributed by atoms with Crippen LogP contribution in [0.1, 0.15) is 15.9 Å². The number of allylic oxidation sites excluding steroid dienone is 1. The van der Waals surface area contributed by atoms with Crippen molar-refractivity contribution < 1.29 is 19.4 Å². The number of phenols is 1. The third kappa shape index (κ3) is 4.03. The molecular formula is C18H19NO4. The zero-order valence-corrected chi connectivity index (χ0v) is 13.3. The number of anilines is 1. The highest BCUT2D eigenvalue weighted by molar-refractivity contribution is 6.05. The molecule has 0 unspecified atom stereocenters. The van der Waals surface area contributed by atoms with Crippen molar-refractivity contribution in [2.24, 2.45) is 0 Å². The second-order valence-corrected chi connectivity index (χ2v) is 4.93. The average Bonchev–Trinajstić information content (AvgIpc) is 2.57. The quantitative estimate of drug-likeness (QED) is 0.485. The van der Waals surface area contributed by atoms with Crippen molar-refractivity contribution in [3.05, 3.63) is 59.8 Å². The molecular weight excluding hydrogens is 294 g/mol. The Hall–Kier alpha value is -2.95. The number of carbonyl (C=O) groups is 1. The standard InChI is InChI=1S/C18H19NO4/c1-12-4-6-16(21)14(10-12)19-9-8-15(20)13-5-7-17(22-2)18(11-13)23-3/h4-11,19,21H,1-3H3. The molecule has 5 heteroatoms. The summed E-state index contributed by atoms with van der Waals surface area (Å²) >= 11 is 0. The van der Waals surface area contributed by atoms with Gasteiger partial charge in [0, 0.05) is 17.8 Å². The smallest absolute Gasteiger partial charge is 0.187 e. The van der Waals surface area contributed by atoms with Crippen molar-refractivity contribution in [1.82, 2.24) is 0 Å². The molecule has 2 aromatic carbocycles. The van der Waals surface area contributed by atoms with Gasteiger partial charge in [0.25, 0.3) is 0 Å². The molecule has 2 aromatic rings. The number of ether oxygens (including phenoxy) is 2. The molecule has 0 fully saturated rings. The third-order valence-electron chi connectivity index (χ3n) is 3.29. The first-order chi connectivity index (χ1) is 11.0. The average molecular weight is 313 g/mol. The summed E-state index contributed by atoms with van der Waals surface area (Å²) in [6.45, 7) is 1.92. The first kappa shape index (κ1) is 16.4. The van der Waals surface area contributed by atoms with Gasteiger partial charge in [-0.15, -0.1) is 0 Å². The molecule has 0 aliphatic carbocycles. The van der Waals surface area contributed by atoms with Crippen LogP contribution in [0, 0.1) is 6.92 Å². The van der Waals surface area contributed by atoms with Gasteiger partial charge in [-0.1, -0.05) is 6.07 Å². The fourth-order valence-corrected chi connectivity index (χ4v) is 2.06. The number of rotatable bonds is 6. The van der Waals surface area contributed by atoms with E-state index in [2.05, 4.69) is 5.32 Å². The van der Waals surface area contributed by atoms with Gasteiger partial charge >= 0.3 is 0 Å². The van der Waals surface area contributed by atoms with Crippen molar-refractivity contribution in [2.75, 3.05) is 19.5 Å². The Morgan fingerprint density at radius 2 is 1.83 bits per heavy atom. The van der Waals surface area contributed by atoms with E-state index in [4.69, 9.17) is 9.47 Å². The van der Waals surface area contributed by atoms with Gasteiger partial charge in [-0.25, -0.2) is 0 Å². The Labute approximate surface area is 135 Å². The maximum Gasteiger partial charge on any atom is 0.187 e. The lowest BCUT2D eigenvalue weighted by Crippen LogP contribution is -1.99. The lowest BCUT2D eigenvalue weighted by molar-refractivity contribution is 0.104. The Bertz CT molecular complexity index is 738. The molecule has 0 aliphatic rings. The van der Waals surface area contributed by atoms with Gasteiger partial charge in [-0.05, 0) is 42.8 Å². The molecule has 0 aromatic heterocycles. The summed E-state index contributed by atoms with van der Waals surface area (Å²) in [5, 5.41) is 12.6. The van der Waals surface area contributed by atoms with E-state index in [0.717, 1.165) is 5.56 Å². The van der Waals surface area contributed by atoms with E-state index in [1.54, 1.807) is 36.4 Å². The van der Waals surface area contributed by atoms with E-state index in [0.29, 0.717) is 22.7 Å². The number of carbonyl (C=O) groups excluding carboxylic acids is 1. The van der Waals surface area contributed by atoms with Gasteiger partial charge in [0.05, 0.1) is 19.9 Å². The van der Waals surface area contributed by atoms with Gasteiger partial charge in [0.2, 0.25) is 0 Å². The number of hydrogen-bond donors (Lipinski definition) is 2. The summed E-state index contributed by atoms with van der Waals surface area (Å²) in [4.78, 5) is 12.2. The Morgan fingerprint density at radius 1 is 1.09 bits per heavy atom. The molecule has 0 aliphatic heterocycles. The molecule has 0 saturated carbocycles. The maximum atomic E-state index is 12.2. The molecule has 0 spiro atoms. The summed E-state index contributed by atoms with van der Waals surface area (Å²) in [5.74, 6) is 0.997. The first-order valence-electron chi connectivity index (χ1n) is 7.04. The van der Waals surface area contributed by atoms with Crippen molar-refractivity contribution in [3.63, 3.8) is 0 Å². The second kappa shape index (κ2) is 7.35. The summed E-state index contributed by atoms with van der Waals surface area (Å²) in [6, 6.07) is 10.2. The number of aromatic hydroxyl groups is 1. The molecule has 0 radical (unpaired) electrons. The first-order valence-corrected chi connectivity index (χ1v) is 7.04. The number of aryl methyl sites for hydroxylation is 1. The van der Waals surface area contributed by atoms with Crippen LogP contribution in [0.25, 0.3) is 0 Å². The number of ketones is 1. The number of nitrogens with one attached hydrogen (secondary N) is 1. The van der Waals surface area contributed by atoms with E-state index in [1.807, 2.05) is 6.92 Å². The fraction of sp³-hybridized carbons (Fsp3) is 0.167. The molecule has 2 rings (SSSR count). The van der Waals surface area contributed by atoms with Gasteiger partial charge in [-0.2, -0.15) is 0 Å². The van der Waals surface area contributed by atoms with Gasteiger partial charge in [0.1, 0.15) is 5.75 Å². The second-order valence-electron chi connectivity index (χ2n) is 4.93. The van der Waals surface area contributed by atoms with E-state index in [1.165, 1.54) is 26.5 Å². The zero-order chi connectivity index (χ0) is 16.8. The molecule has 0 saturated heterocycles. The SMILES string of the molecule is COc1ccc(C(=O)C=CNc2cc(C)ccc2O)cc1OC. The Balaban J connectivity index is 2.11. The largest absolute Gasteiger partial charge is 0.506 e. The van der Waals surface area contributed by atoms with Crippen LogP contribution >= 0.6 is 0 Å². The van der Waals surface area contributed by atoms with Crippen molar-refractivity contribution >= 4 is 11.5 Å². The molecule has 2 N–H and O–H groups in total. The minimum Gasteiger partial charge on any atom is -0.506 e. The van der Waals surface area contributed by atoms with Crippen LogP contribution in [0.2, 0.25) is 0 Å². The normalized spacial score (nSPS) is 10.6. The van der Waals surface area contributed by atoms with Crippen molar-refractivity contribution in [3.8, 4) is 17.2 Å². The minimum atomic E-state index is -0.189. The van der Waals surface area contributed by atoms with E-state index in [-0.39, 0.29) is 11.5 Å². The number of phenolic OH excluding ortho intramolecular Hbond substituents is 1. The monoisotopic (exact) mass is 313 g/mol. The van der Waals surface area contributed by atoms with Gasteiger partial charge in [-0.3, -0.25) is 4.79 Å². The molecule has 0 bridgehead atoms. The van der Waals surface area contributed by atoms with Crippen molar-refractivity contribution in [1.29, 1.82) is 0 Å². The number of methoxy groups -OCH3 is 2. The molecule has 120 valence electrons. The van der Waals surface area contributed by atoms with Crippen LogP contribution < -0.4 is 14.8 Å². The van der Waals surface area contributed by atoms with E-state index < -0.39 is 0 Å². The summed E-state index contributed by atoms with van der Waals surface area (Å²) in [5.41, 5.74) is 2.03. The molecule has 5 nitrogen and oxygen atoms in total. The Morgan fingerprint density at radius 3 is 2.52 bits per heavy atom. The van der Waals surface area contributed by atoms with Gasteiger partial charge in [0.15, 0.2) is 17.3 Å². The topological polar surface area (TPSA) is 67.8 Å². The highest BCUT2D eigenvalue weighted by Gasteiger charge is 2.08. The van der Waals surface area contributed by atoms with E-state index in [9.17, 15) is 9.90 Å². The van der Waals surface area contributed by atoms with Crippen LogP contribution in [-0.2, 0) is 0 Å². The number of hydrogen-bond acceptors (Lipinski definition) is 5. The van der Waals surface area contributed by atoms with Crippen LogP contribution in [0.3, 0.4) is 0 Å². The van der Waals surface area contributed by atoms with Crippen molar-refractivity contribution in [2.45, 2.75) is 6.92 Å². The van der Waals surface area contributed by atoms with Crippen LogP contribution in [0.15, 0.2) is 48.7 Å². The molecule has 0 atom stereocenters. The number of benzene rings is 2. The van der Waals surface area contributed by atoms with E-state index >= 15 is 0 Å². The highest BCUT2D eigenvalue weighted by Crippen LogP contribution is 2.28.